The largest absolute Gasteiger partial charge is 0.396 e. The van der Waals surface area contributed by atoms with Crippen molar-refractivity contribution < 1.29 is 20.4 Å². The number of hydrogen-bond acceptors (Lipinski definition) is 4. The highest BCUT2D eigenvalue weighted by Gasteiger charge is 2.26. The lowest BCUT2D eigenvalue weighted by molar-refractivity contribution is -0.0328. The molecule has 0 saturated heterocycles. The van der Waals surface area contributed by atoms with E-state index >= 15 is 0 Å². The third-order valence-electron chi connectivity index (χ3n) is 3.34. The van der Waals surface area contributed by atoms with Crippen LogP contribution in [0, 0.1) is 5.41 Å². The van der Waals surface area contributed by atoms with Gasteiger partial charge in [-0.2, -0.15) is 0 Å². The molecule has 0 heterocycles. The second-order valence-electron chi connectivity index (χ2n) is 6.13. The highest BCUT2D eigenvalue weighted by molar-refractivity contribution is 4.74. The van der Waals surface area contributed by atoms with Gasteiger partial charge in [-0.05, 0) is 0 Å². The molecule has 0 aliphatic rings. The van der Waals surface area contributed by atoms with E-state index < -0.39 is 31.8 Å². The average Bonchev–Trinajstić information content (AvgIpc) is 2.70. The highest BCUT2D eigenvalue weighted by atomic mass is 16.3. The first kappa shape index (κ1) is 35.9. The Morgan fingerprint density at radius 3 is 0.480 bits per heavy atom. The van der Waals surface area contributed by atoms with E-state index in [2.05, 4.69) is 55.4 Å². The van der Waals surface area contributed by atoms with Crippen molar-refractivity contribution in [3.8, 4) is 0 Å². The van der Waals surface area contributed by atoms with Gasteiger partial charge in [-0.25, -0.2) is 0 Å². The Morgan fingerprint density at radius 2 is 0.480 bits per heavy atom. The minimum atomic E-state index is -1.11. The number of hydrogen-bond donors (Lipinski definition) is 4. The molecule has 0 unspecified atom stereocenters. The maximum absolute atomic E-state index is 8.50. The van der Waals surface area contributed by atoms with Gasteiger partial charge in [-0.1, -0.05) is 107 Å². The molecule has 0 spiro atoms. The van der Waals surface area contributed by atoms with Gasteiger partial charge >= 0.3 is 0 Å². The molecule has 0 rings (SSSR count). The summed E-state index contributed by atoms with van der Waals surface area (Å²) < 4.78 is 0. The number of rotatable bonds is 8. The Hall–Kier alpha value is -0.160. The van der Waals surface area contributed by atoms with E-state index in [4.69, 9.17) is 20.4 Å². The lowest BCUT2D eigenvalue weighted by Crippen LogP contribution is -2.37. The standard InChI is InChI=1S/C5H12O4.4C4H10/c6-1-5(2-7,3-8)4-9;4*1-3-4-2/h6-9H,1-4H2;4*3-4H2,1-2H3. The predicted molar refractivity (Wildman–Crippen MR) is 113 cm³/mol. The fourth-order valence-corrected chi connectivity index (χ4v) is 0.300. The first-order valence-corrected chi connectivity index (χ1v) is 10.3. The molecule has 0 aromatic rings. The van der Waals surface area contributed by atoms with Gasteiger partial charge in [0, 0.05) is 0 Å². The Balaban J connectivity index is -0.0000000714. The quantitative estimate of drug-likeness (QED) is 0.476. The van der Waals surface area contributed by atoms with E-state index in [1.807, 2.05) is 0 Å². The molecule has 0 atom stereocenters. The monoisotopic (exact) mass is 368 g/mol. The van der Waals surface area contributed by atoms with Crippen LogP contribution in [0.5, 0.6) is 0 Å². The van der Waals surface area contributed by atoms with Gasteiger partial charge in [-0.3, -0.25) is 0 Å². The zero-order valence-electron chi connectivity index (χ0n) is 18.8. The van der Waals surface area contributed by atoms with E-state index in [1.165, 1.54) is 51.4 Å². The minimum absolute atomic E-state index is 0.406. The summed E-state index contributed by atoms with van der Waals surface area (Å²) >= 11 is 0. The molecule has 0 saturated carbocycles. The van der Waals surface area contributed by atoms with Gasteiger partial charge < -0.3 is 20.4 Å². The molecule has 4 heteroatoms. The molecule has 0 radical (unpaired) electrons. The fraction of sp³-hybridized carbons (Fsp3) is 1.00. The molecule has 0 fully saturated rings. The zero-order chi connectivity index (χ0) is 21.0. The van der Waals surface area contributed by atoms with Crippen LogP contribution in [0.25, 0.3) is 0 Å². The average molecular weight is 369 g/mol. The highest BCUT2D eigenvalue weighted by Crippen LogP contribution is 2.11. The third kappa shape index (κ3) is 45.3. The molecule has 0 aliphatic heterocycles. The molecule has 160 valence electrons. The van der Waals surface area contributed by atoms with E-state index in [0.717, 1.165) is 0 Å². The first-order valence-electron chi connectivity index (χ1n) is 10.3. The van der Waals surface area contributed by atoms with Crippen molar-refractivity contribution in [2.24, 2.45) is 5.41 Å². The molecule has 0 amide bonds. The van der Waals surface area contributed by atoms with Crippen molar-refractivity contribution in [2.75, 3.05) is 26.4 Å². The van der Waals surface area contributed by atoms with Crippen LogP contribution in [-0.4, -0.2) is 46.9 Å². The summed E-state index contributed by atoms with van der Waals surface area (Å²) in [6.45, 7) is 15.8. The molecular weight excluding hydrogens is 316 g/mol. The summed E-state index contributed by atoms with van der Waals surface area (Å²) in [4.78, 5) is 0. The molecular formula is C21H52O4. The minimum Gasteiger partial charge on any atom is -0.396 e. The van der Waals surface area contributed by atoms with Gasteiger partial charge in [0.15, 0.2) is 0 Å². The van der Waals surface area contributed by atoms with Gasteiger partial charge in [0.2, 0.25) is 0 Å². The van der Waals surface area contributed by atoms with Crippen molar-refractivity contribution in [3.05, 3.63) is 0 Å². The number of aliphatic hydroxyl groups excluding tert-OH is 4. The summed E-state index contributed by atoms with van der Waals surface area (Å²) in [5, 5.41) is 34.0. The van der Waals surface area contributed by atoms with Crippen LogP contribution in [0.1, 0.15) is 107 Å². The predicted octanol–water partition coefficient (Wildman–Crippen LogP) is 5.17. The van der Waals surface area contributed by atoms with Crippen LogP contribution in [0.15, 0.2) is 0 Å². The second kappa shape index (κ2) is 39.1. The van der Waals surface area contributed by atoms with Crippen molar-refractivity contribution in [1.29, 1.82) is 0 Å². The number of unbranched alkanes of at least 4 members (excludes halogenated alkanes) is 4. The summed E-state index contributed by atoms with van der Waals surface area (Å²) in [6, 6.07) is 0. The maximum Gasteiger partial charge on any atom is 0.0627 e. The lowest BCUT2D eigenvalue weighted by Gasteiger charge is -2.23. The molecule has 0 bridgehead atoms. The van der Waals surface area contributed by atoms with Crippen LogP contribution in [0.3, 0.4) is 0 Å². The van der Waals surface area contributed by atoms with Crippen LogP contribution in [0.4, 0.5) is 0 Å². The molecule has 4 nitrogen and oxygen atoms in total. The summed E-state index contributed by atoms with van der Waals surface area (Å²) in [7, 11) is 0. The molecule has 25 heavy (non-hydrogen) atoms. The van der Waals surface area contributed by atoms with E-state index in [-0.39, 0.29) is 0 Å². The van der Waals surface area contributed by atoms with E-state index in [0.29, 0.717) is 0 Å². The fourth-order valence-electron chi connectivity index (χ4n) is 0.300. The van der Waals surface area contributed by atoms with E-state index in [9.17, 15) is 0 Å². The Bertz CT molecular complexity index is 118. The molecule has 0 aliphatic carbocycles. The van der Waals surface area contributed by atoms with Gasteiger partial charge in [0.1, 0.15) is 0 Å². The summed E-state index contributed by atoms with van der Waals surface area (Å²) in [5.41, 5.74) is -1.11. The first-order chi connectivity index (χ1) is 11.9. The van der Waals surface area contributed by atoms with Gasteiger partial charge in [0.25, 0.3) is 0 Å². The van der Waals surface area contributed by atoms with Crippen LogP contribution in [0.2, 0.25) is 0 Å². The van der Waals surface area contributed by atoms with Crippen molar-refractivity contribution in [3.63, 3.8) is 0 Å². The van der Waals surface area contributed by atoms with Crippen LogP contribution in [-0.2, 0) is 0 Å². The van der Waals surface area contributed by atoms with Crippen LogP contribution < -0.4 is 0 Å². The summed E-state index contributed by atoms with van der Waals surface area (Å²) in [6.07, 6.45) is 10.6. The number of aliphatic hydroxyl groups is 4. The van der Waals surface area contributed by atoms with Crippen molar-refractivity contribution in [2.45, 2.75) is 107 Å². The smallest absolute Gasteiger partial charge is 0.0627 e. The van der Waals surface area contributed by atoms with Crippen molar-refractivity contribution in [1.82, 2.24) is 0 Å². The Labute approximate surface area is 159 Å². The zero-order valence-corrected chi connectivity index (χ0v) is 18.8. The SMILES string of the molecule is CCCC.CCCC.CCCC.CCCC.OCC(CO)(CO)CO. The van der Waals surface area contributed by atoms with Crippen molar-refractivity contribution >= 4 is 0 Å². The van der Waals surface area contributed by atoms with Gasteiger partial charge in [-0.15, -0.1) is 0 Å². The van der Waals surface area contributed by atoms with E-state index in [1.54, 1.807) is 0 Å². The third-order valence-corrected chi connectivity index (χ3v) is 3.34. The Morgan fingerprint density at radius 1 is 0.360 bits per heavy atom. The lowest BCUT2D eigenvalue weighted by atomic mass is 9.93. The van der Waals surface area contributed by atoms with Crippen LogP contribution >= 0.6 is 0 Å². The Kier molecular flexibility index (Phi) is 56.1. The molecule has 0 aromatic heterocycles. The molecule has 4 N–H and O–H groups in total. The maximum atomic E-state index is 8.50. The summed E-state index contributed by atoms with van der Waals surface area (Å²) in [5.74, 6) is 0. The second-order valence-corrected chi connectivity index (χ2v) is 6.13. The normalized spacial score (nSPS) is 9.12. The molecule has 0 aromatic carbocycles. The topological polar surface area (TPSA) is 80.9 Å². The van der Waals surface area contributed by atoms with Gasteiger partial charge in [0.05, 0.1) is 31.8 Å².